The Bertz CT molecular complexity index is 556. The molecule has 0 aliphatic carbocycles. The van der Waals surface area contributed by atoms with Gasteiger partial charge in [-0.25, -0.2) is 0 Å². The van der Waals surface area contributed by atoms with Gasteiger partial charge in [0, 0.05) is 18.7 Å². The quantitative estimate of drug-likeness (QED) is 0.646. The normalized spacial score (nSPS) is 21.2. The third-order valence-electron chi connectivity index (χ3n) is 3.86. The highest BCUT2D eigenvalue weighted by molar-refractivity contribution is 6.33. The predicted molar refractivity (Wildman–Crippen MR) is 81.6 cm³/mol. The number of amides is 1. The Balaban J connectivity index is 2.22. The molecule has 1 saturated heterocycles. The maximum Gasteiger partial charge on any atom is 0.271 e. The number of hydrogen-bond donors (Lipinski definition) is 2. The number of hydrogen-bond acceptors (Lipinski definition) is 4. The molecule has 1 heterocycles. The van der Waals surface area contributed by atoms with Gasteiger partial charge in [0.15, 0.2) is 0 Å². The van der Waals surface area contributed by atoms with Gasteiger partial charge in [0.25, 0.3) is 5.69 Å². The van der Waals surface area contributed by atoms with Crippen LogP contribution in [-0.2, 0) is 4.79 Å². The minimum atomic E-state index is -0.509. The van der Waals surface area contributed by atoms with Crippen molar-refractivity contribution in [2.75, 3.05) is 18.4 Å². The van der Waals surface area contributed by atoms with Gasteiger partial charge in [0.2, 0.25) is 5.91 Å². The van der Waals surface area contributed by atoms with Crippen LogP contribution in [0.15, 0.2) is 18.2 Å². The fourth-order valence-electron chi connectivity index (χ4n) is 2.72. The lowest BCUT2D eigenvalue weighted by Crippen LogP contribution is -2.38. The molecule has 1 unspecified atom stereocenters. The average Bonchev–Trinajstić information content (AvgIpc) is 2.91. The summed E-state index contributed by atoms with van der Waals surface area (Å²) in [6, 6.07) is 4.04. The minimum absolute atomic E-state index is 0.0937. The number of halogens is 1. The number of carbonyl (C=O) groups excluding carboxylic acids is 1. The summed E-state index contributed by atoms with van der Waals surface area (Å²) < 4.78 is 0. The van der Waals surface area contributed by atoms with Crippen LogP contribution in [0.3, 0.4) is 0 Å². The number of anilines is 1. The van der Waals surface area contributed by atoms with Crippen LogP contribution >= 0.6 is 11.6 Å². The molecule has 114 valence electrons. The summed E-state index contributed by atoms with van der Waals surface area (Å²) >= 11 is 6.02. The number of benzene rings is 1. The molecule has 21 heavy (non-hydrogen) atoms. The maximum absolute atomic E-state index is 12.6. The Hall–Kier alpha value is -1.66. The largest absolute Gasteiger partial charge is 0.324 e. The van der Waals surface area contributed by atoms with E-state index in [1.54, 1.807) is 0 Å². The van der Waals surface area contributed by atoms with Gasteiger partial charge in [-0.2, -0.15) is 0 Å². The van der Waals surface area contributed by atoms with Crippen molar-refractivity contribution < 1.29 is 9.72 Å². The van der Waals surface area contributed by atoms with Crippen LogP contribution in [0.2, 0.25) is 5.02 Å². The van der Waals surface area contributed by atoms with Crippen LogP contribution in [0.1, 0.15) is 26.2 Å². The molecule has 7 heteroatoms. The van der Waals surface area contributed by atoms with E-state index in [1.165, 1.54) is 18.2 Å². The average molecular weight is 312 g/mol. The molecular weight excluding hydrogens is 294 g/mol. The molecule has 1 aromatic rings. The van der Waals surface area contributed by atoms with E-state index >= 15 is 0 Å². The minimum Gasteiger partial charge on any atom is -0.324 e. The summed E-state index contributed by atoms with van der Waals surface area (Å²) in [6.45, 7) is 3.46. The molecule has 6 nitrogen and oxygen atoms in total. The summed E-state index contributed by atoms with van der Waals surface area (Å²) in [7, 11) is 0. The van der Waals surface area contributed by atoms with Crippen LogP contribution in [0.25, 0.3) is 0 Å². The lowest BCUT2D eigenvalue weighted by molar-refractivity contribution is -0.384. The molecular formula is C14H18ClN3O3. The molecule has 2 rings (SSSR count). The van der Waals surface area contributed by atoms with E-state index in [0.717, 1.165) is 25.8 Å². The molecule has 0 radical (unpaired) electrons. The van der Waals surface area contributed by atoms with Gasteiger partial charge in [0.05, 0.1) is 21.0 Å². The summed E-state index contributed by atoms with van der Waals surface area (Å²) in [5.41, 5.74) is -0.259. The molecule has 1 aromatic carbocycles. The fourth-order valence-corrected chi connectivity index (χ4v) is 2.89. The number of carbonyl (C=O) groups is 1. The molecule has 1 aliphatic heterocycles. The smallest absolute Gasteiger partial charge is 0.271 e. The van der Waals surface area contributed by atoms with E-state index in [9.17, 15) is 14.9 Å². The number of non-ortho nitro benzene ring substituents is 1. The van der Waals surface area contributed by atoms with Gasteiger partial charge in [0.1, 0.15) is 0 Å². The third kappa shape index (κ3) is 3.33. The molecule has 1 atom stereocenters. The van der Waals surface area contributed by atoms with Crippen LogP contribution in [0.4, 0.5) is 11.4 Å². The van der Waals surface area contributed by atoms with Gasteiger partial charge < -0.3 is 10.6 Å². The van der Waals surface area contributed by atoms with Crippen LogP contribution in [0.5, 0.6) is 0 Å². The van der Waals surface area contributed by atoms with Crippen molar-refractivity contribution in [2.45, 2.75) is 26.2 Å². The lowest BCUT2D eigenvalue weighted by atomic mass is 9.81. The Labute approximate surface area is 128 Å². The number of rotatable bonds is 5. The first-order chi connectivity index (χ1) is 9.98. The number of nitro benzene ring substituents is 1. The van der Waals surface area contributed by atoms with Crippen LogP contribution in [0, 0.1) is 15.5 Å². The molecule has 1 aliphatic rings. The maximum atomic E-state index is 12.6. The van der Waals surface area contributed by atoms with E-state index in [-0.39, 0.29) is 11.6 Å². The van der Waals surface area contributed by atoms with E-state index in [2.05, 4.69) is 10.6 Å². The number of nitro groups is 1. The highest BCUT2D eigenvalue weighted by Gasteiger charge is 2.40. The molecule has 0 spiro atoms. The summed E-state index contributed by atoms with van der Waals surface area (Å²) in [5.74, 6) is -0.128. The highest BCUT2D eigenvalue weighted by atomic mass is 35.5. The highest BCUT2D eigenvalue weighted by Crippen LogP contribution is 2.34. The molecule has 0 bridgehead atoms. The van der Waals surface area contributed by atoms with Crippen molar-refractivity contribution in [1.29, 1.82) is 0 Å². The zero-order chi connectivity index (χ0) is 15.5. The van der Waals surface area contributed by atoms with Gasteiger partial charge in [-0.15, -0.1) is 0 Å². The third-order valence-corrected chi connectivity index (χ3v) is 4.19. The SMILES string of the molecule is CCCC1(C(=O)Nc2cc([N+](=O)[O-])ccc2Cl)CCNC1. The van der Waals surface area contributed by atoms with Crippen molar-refractivity contribution in [3.63, 3.8) is 0 Å². The monoisotopic (exact) mass is 311 g/mol. The molecule has 1 amide bonds. The zero-order valence-electron chi connectivity index (χ0n) is 11.8. The van der Waals surface area contributed by atoms with E-state index in [0.29, 0.717) is 17.3 Å². The fraction of sp³-hybridized carbons (Fsp3) is 0.500. The predicted octanol–water partition coefficient (Wildman–Crippen LogP) is 2.97. The van der Waals surface area contributed by atoms with Gasteiger partial charge in [-0.05, 0) is 25.5 Å². The molecule has 2 N–H and O–H groups in total. The number of nitrogens with zero attached hydrogens (tertiary/aromatic N) is 1. The summed E-state index contributed by atoms with van der Waals surface area (Å²) in [4.78, 5) is 22.9. The Morgan fingerprint density at radius 2 is 2.33 bits per heavy atom. The molecule has 1 fully saturated rings. The first-order valence-electron chi connectivity index (χ1n) is 6.94. The second-order valence-electron chi connectivity index (χ2n) is 5.33. The second-order valence-corrected chi connectivity index (χ2v) is 5.74. The number of nitrogens with one attached hydrogen (secondary N) is 2. The molecule has 0 aromatic heterocycles. The Kier molecular flexibility index (Phi) is 4.80. The van der Waals surface area contributed by atoms with Crippen molar-refractivity contribution in [3.05, 3.63) is 33.3 Å². The van der Waals surface area contributed by atoms with E-state index < -0.39 is 10.3 Å². The van der Waals surface area contributed by atoms with Crippen LogP contribution < -0.4 is 10.6 Å². The Morgan fingerprint density at radius 1 is 1.57 bits per heavy atom. The van der Waals surface area contributed by atoms with Crippen molar-refractivity contribution in [3.8, 4) is 0 Å². The lowest BCUT2D eigenvalue weighted by Gasteiger charge is -2.26. The molecule has 0 saturated carbocycles. The van der Waals surface area contributed by atoms with Crippen molar-refractivity contribution in [2.24, 2.45) is 5.41 Å². The van der Waals surface area contributed by atoms with Gasteiger partial charge in [-0.1, -0.05) is 24.9 Å². The topological polar surface area (TPSA) is 84.3 Å². The Morgan fingerprint density at radius 3 is 2.90 bits per heavy atom. The van der Waals surface area contributed by atoms with E-state index in [1.807, 2.05) is 6.92 Å². The first kappa shape index (κ1) is 15.7. The van der Waals surface area contributed by atoms with Crippen LogP contribution in [-0.4, -0.2) is 23.9 Å². The van der Waals surface area contributed by atoms with Crippen molar-refractivity contribution >= 4 is 28.9 Å². The van der Waals surface area contributed by atoms with Gasteiger partial charge >= 0.3 is 0 Å². The van der Waals surface area contributed by atoms with Gasteiger partial charge in [-0.3, -0.25) is 14.9 Å². The first-order valence-corrected chi connectivity index (χ1v) is 7.32. The van der Waals surface area contributed by atoms with Crippen molar-refractivity contribution in [1.82, 2.24) is 5.32 Å². The standard InChI is InChI=1S/C14H18ClN3O3/c1-2-5-14(6-7-16-9-14)13(19)17-12-8-10(18(20)21)3-4-11(12)15/h3-4,8,16H,2,5-7,9H2,1H3,(H,17,19). The summed E-state index contributed by atoms with van der Waals surface area (Å²) in [5, 5.41) is 17.1. The second kappa shape index (κ2) is 6.41. The van der Waals surface area contributed by atoms with E-state index in [4.69, 9.17) is 11.6 Å². The summed E-state index contributed by atoms with van der Waals surface area (Å²) in [6.07, 6.45) is 2.44. The zero-order valence-corrected chi connectivity index (χ0v) is 12.6.